The molecule has 3 rings (SSSR count). The minimum absolute atomic E-state index is 0.0550. The summed E-state index contributed by atoms with van der Waals surface area (Å²) in [6.45, 7) is 5.56. The molecular weight excluding hydrogens is 354 g/mol. The summed E-state index contributed by atoms with van der Waals surface area (Å²) in [6.07, 6.45) is 1.58. The van der Waals surface area contributed by atoms with Gasteiger partial charge in [0.1, 0.15) is 5.82 Å². The van der Waals surface area contributed by atoms with Crippen LogP contribution in [0, 0.1) is 20.8 Å². The molecule has 0 saturated carbocycles. The number of nitrogens with one attached hydrogen (secondary N) is 3. The summed E-state index contributed by atoms with van der Waals surface area (Å²) in [4.78, 5) is 8.56. The lowest BCUT2D eigenvalue weighted by Crippen LogP contribution is -2.14. The lowest BCUT2D eigenvalue weighted by atomic mass is 10.2. The Morgan fingerprint density at radius 3 is 2.54 bits per heavy atom. The average molecular weight is 373 g/mol. The molecule has 2 aromatic heterocycles. The standard InChI is InChI=1S/C16H19N7O2S/c1-9-4-5-12(8-13(9)26(17,24)25)19-16-18-7-6-14(21-16)20-15-10(2)11(3)22-23-15/h4-8H,1-3H3,(H2,17,24,25)(H3,18,19,20,21,22,23). The van der Waals surface area contributed by atoms with E-state index in [-0.39, 0.29) is 4.90 Å². The Labute approximate surface area is 151 Å². The molecule has 10 heteroatoms. The normalized spacial score (nSPS) is 11.4. The highest BCUT2D eigenvalue weighted by molar-refractivity contribution is 7.89. The van der Waals surface area contributed by atoms with Crippen LogP contribution in [0.2, 0.25) is 0 Å². The number of benzene rings is 1. The van der Waals surface area contributed by atoms with Crippen molar-refractivity contribution in [3.8, 4) is 0 Å². The van der Waals surface area contributed by atoms with E-state index in [1.54, 1.807) is 31.3 Å². The van der Waals surface area contributed by atoms with Gasteiger partial charge in [0, 0.05) is 23.1 Å². The van der Waals surface area contributed by atoms with Crippen molar-refractivity contribution in [1.29, 1.82) is 0 Å². The molecule has 1 aromatic carbocycles. The van der Waals surface area contributed by atoms with Gasteiger partial charge in [-0.05, 0) is 44.5 Å². The maximum Gasteiger partial charge on any atom is 0.238 e. The first-order chi connectivity index (χ1) is 12.2. The van der Waals surface area contributed by atoms with Gasteiger partial charge in [-0.1, -0.05) is 6.07 Å². The molecule has 0 bridgehead atoms. The molecule has 0 amide bonds. The van der Waals surface area contributed by atoms with Crippen LogP contribution in [0.5, 0.6) is 0 Å². The quantitative estimate of drug-likeness (QED) is 0.538. The zero-order chi connectivity index (χ0) is 18.9. The monoisotopic (exact) mass is 373 g/mol. The topological polar surface area (TPSA) is 139 Å². The van der Waals surface area contributed by atoms with E-state index in [2.05, 4.69) is 30.8 Å². The summed E-state index contributed by atoms with van der Waals surface area (Å²) in [6, 6.07) is 6.56. The number of anilines is 4. The molecule has 0 fully saturated rings. The van der Waals surface area contributed by atoms with Gasteiger partial charge in [0.15, 0.2) is 5.82 Å². The molecule has 0 aliphatic carbocycles. The molecule has 0 aliphatic heterocycles. The summed E-state index contributed by atoms with van der Waals surface area (Å²) in [5.41, 5.74) is 3.05. The van der Waals surface area contributed by atoms with Crippen LogP contribution in [0.15, 0.2) is 35.4 Å². The Kier molecular flexibility index (Phi) is 4.62. The molecule has 0 radical (unpaired) electrons. The number of hydrogen-bond acceptors (Lipinski definition) is 7. The molecule has 3 aromatic rings. The summed E-state index contributed by atoms with van der Waals surface area (Å²) in [5, 5.41) is 18.4. The first-order valence-electron chi connectivity index (χ1n) is 7.76. The van der Waals surface area contributed by atoms with Crippen LogP contribution in [0.3, 0.4) is 0 Å². The summed E-state index contributed by atoms with van der Waals surface area (Å²) in [5.74, 6) is 1.54. The van der Waals surface area contributed by atoms with E-state index in [0.29, 0.717) is 28.8 Å². The van der Waals surface area contributed by atoms with E-state index in [0.717, 1.165) is 11.3 Å². The predicted octanol–water partition coefficient (Wildman–Crippen LogP) is 2.26. The molecule has 0 spiro atoms. The lowest BCUT2D eigenvalue weighted by molar-refractivity contribution is 0.597. The number of primary sulfonamides is 1. The molecule has 0 saturated heterocycles. The SMILES string of the molecule is Cc1ccc(Nc2nccc(Nc3n[nH]c(C)c3C)n2)cc1S(N)(=O)=O. The fourth-order valence-electron chi connectivity index (χ4n) is 2.33. The van der Waals surface area contributed by atoms with Gasteiger partial charge in [0.05, 0.1) is 4.90 Å². The zero-order valence-electron chi connectivity index (χ0n) is 14.5. The van der Waals surface area contributed by atoms with E-state index in [1.807, 2.05) is 13.8 Å². The minimum atomic E-state index is -3.80. The van der Waals surface area contributed by atoms with Gasteiger partial charge in [0.25, 0.3) is 0 Å². The van der Waals surface area contributed by atoms with Gasteiger partial charge in [-0.2, -0.15) is 10.1 Å². The number of aromatic amines is 1. The van der Waals surface area contributed by atoms with Crippen molar-refractivity contribution in [3.63, 3.8) is 0 Å². The van der Waals surface area contributed by atoms with Crippen LogP contribution in [-0.4, -0.2) is 28.6 Å². The average Bonchev–Trinajstić information content (AvgIpc) is 2.88. The number of aryl methyl sites for hydroxylation is 2. The van der Waals surface area contributed by atoms with Crippen molar-refractivity contribution >= 4 is 33.3 Å². The smallest absolute Gasteiger partial charge is 0.238 e. The first-order valence-corrected chi connectivity index (χ1v) is 9.31. The van der Waals surface area contributed by atoms with E-state index in [1.165, 1.54) is 6.07 Å². The molecule has 0 aliphatic rings. The molecule has 26 heavy (non-hydrogen) atoms. The van der Waals surface area contributed by atoms with E-state index >= 15 is 0 Å². The molecule has 9 nitrogen and oxygen atoms in total. The Bertz CT molecular complexity index is 1060. The van der Waals surface area contributed by atoms with E-state index < -0.39 is 10.0 Å². The maximum absolute atomic E-state index is 11.6. The number of nitrogens with two attached hydrogens (primary N) is 1. The summed E-state index contributed by atoms with van der Waals surface area (Å²) >= 11 is 0. The van der Waals surface area contributed by atoms with Crippen molar-refractivity contribution < 1.29 is 8.42 Å². The van der Waals surface area contributed by atoms with E-state index in [9.17, 15) is 8.42 Å². The number of nitrogens with zero attached hydrogens (tertiary/aromatic N) is 3. The van der Waals surface area contributed by atoms with Crippen molar-refractivity contribution in [3.05, 3.63) is 47.3 Å². The van der Waals surface area contributed by atoms with E-state index in [4.69, 9.17) is 5.14 Å². The number of hydrogen-bond donors (Lipinski definition) is 4. The zero-order valence-corrected chi connectivity index (χ0v) is 15.3. The van der Waals surface area contributed by atoms with Gasteiger partial charge in [0.2, 0.25) is 16.0 Å². The van der Waals surface area contributed by atoms with Crippen LogP contribution in [0.4, 0.5) is 23.3 Å². The minimum Gasteiger partial charge on any atom is -0.324 e. The second-order valence-electron chi connectivity index (χ2n) is 5.86. The number of sulfonamides is 1. The molecule has 5 N–H and O–H groups in total. The first kappa shape index (κ1) is 17.8. The third kappa shape index (κ3) is 3.81. The van der Waals surface area contributed by atoms with Crippen LogP contribution in [-0.2, 0) is 10.0 Å². The van der Waals surface area contributed by atoms with Gasteiger partial charge in [-0.15, -0.1) is 0 Å². The van der Waals surface area contributed by atoms with Gasteiger partial charge in [-0.25, -0.2) is 18.5 Å². The third-order valence-corrected chi connectivity index (χ3v) is 4.96. The van der Waals surface area contributed by atoms with Gasteiger partial charge in [-0.3, -0.25) is 5.10 Å². The van der Waals surface area contributed by atoms with Gasteiger partial charge < -0.3 is 10.6 Å². The molecule has 0 unspecified atom stereocenters. The van der Waals surface area contributed by atoms with Crippen LogP contribution in [0.25, 0.3) is 0 Å². The van der Waals surface area contributed by atoms with Crippen molar-refractivity contribution in [2.75, 3.05) is 10.6 Å². The summed E-state index contributed by atoms with van der Waals surface area (Å²) in [7, 11) is -3.80. The molecule has 2 heterocycles. The predicted molar refractivity (Wildman–Crippen MR) is 99.2 cm³/mol. The van der Waals surface area contributed by atoms with Crippen molar-refractivity contribution in [2.45, 2.75) is 25.7 Å². The highest BCUT2D eigenvalue weighted by Crippen LogP contribution is 2.22. The second kappa shape index (κ2) is 6.73. The Morgan fingerprint density at radius 1 is 1.12 bits per heavy atom. The highest BCUT2D eigenvalue weighted by Gasteiger charge is 2.13. The van der Waals surface area contributed by atoms with Gasteiger partial charge >= 0.3 is 0 Å². The second-order valence-corrected chi connectivity index (χ2v) is 7.39. The fourth-order valence-corrected chi connectivity index (χ4v) is 3.14. The molecule has 0 atom stereocenters. The fraction of sp³-hybridized carbons (Fsp3) is 0.188. The Hall–Kier alpha value is -2.98. The van der Waals surface area contributed by atoms with Crippen LogP contribution >= 0.6 is 0 Å². The largest absolute Gasteiger partial charge is 0.324 e. The number of H-pyrrole nitrogens is 1. The Morgan fingerprint density at radius 2 is 1.88 bits per heavy atom. The maximum atomic E-state index is 11.6. The molecular formula is C16H19N7O2S. The molecule has 136 valence electrons. The van der Waals surface area contributed by atoms with Crippen molar-refractivity contribution in [1.82, 2.24) is 20.2 Å². The number of rotatable bonds is 5. The van der Waals surface area contributed by atoms with Crippen molar-refractivity contribution in [2.24, 2.45) is 5.14 Å². The van der Waals surface area contributed by atoms with Crippen LogP contribution in [0.1, 0.15) is 16.8 Å². The number of aromatic nitrogens is 4. The van der Waals surface area contributed by atoms with Crippen LogP contribution < -0.4 is 15.8 Å². The summed E-state index contributed by atoms with van der Waals surface area (Å²) < 4.78 is 23.3. The Balaban J connectivity index is 1.84. The lowest BCUT2D eigenvalue weighted by Gasteiger charge is -2.10. The third-order valence-electron chi connectivity index (χ3n) is 3.91. The highest BCUT2D eigenvalue weighted by atomic mass is 32.2.